The standard InChI is InChI=1S/C52H36N4/c1-5-15-35-34-20-13-25-42-46(34)47-43(55-41-24-11-9-17-32(41)30(2)50(35)55)26-14-27-44(47)56(42)51-49(54-48-33-18-7-6-16-31(33)28-29-40(48)53-51)37-21-12-23-39-45(37)36-19-8-10-22-38(36)52(39,3)4/h5-29H,1H2,2-4H3/b35-15-. The van der Waals surface area contributed by atoms with Crippen LogP contribution in [0.15, 0.2) is 152 Å². The molecule has 0 N–H and O–H groups in total. The highest BCUT2D eigenvalue weighted by Gasteiger charge is 2.37. The number of hydrogen-bond acceptors (Lipinski definition) is 2. The van der Waals surface area contributed by atoms with Gasteiger partial charge in [0, 0.05) is 37.7 Å². The van der Waals surface area contributed by atoms with Gasteiger partial charge in [0.15, 0.2) is 5.82 Å². The fourth-order valence-electron chi connectivity index (χ4n) is 10.2. The third kappa shape index (κ3) is 3.88. The molecule has 12 rings (SSSR count). The molecule has 0 aliphatic heterocycles. The molecule has 264 valence electrons. The fourth-order valence-corrected chi connectivity index (χ4v) is 10.2. The zero-order valence-electron chi connectivity index (χ0n) is 31.4. The summed E-state index contributed by atoms with van der Waals surface area (Å²) in [6.07, 6.45) is 4.10. The van der Waals surface area contributed by atoms with Crippen molar-refractivity contribution < 1.29 is 0 Å². The molecule has 0 atom stereocenters. The van der Waals surface area contributed by atoms with Gasteiger partial charge in [0.05, 0.1) is 38.6 Å². The Kier molecular flexibility index (Phi) is 6.16. The van der Waals surface area contributed by atoms with Crippen LogP contribution in [0.3, 0.4) is 0 Å². The maximum atomic E-state index is 5.73. The first kappa shape index (κ1) is 31.3. The molecule has 0 radical (unpaired) electrons. The second-order valence-electron chi connectivity index (χ2n) is 15.8. The smallest absolute Gasteiger partial charge is 0.165 e. The molecular formula is C52H36N4. The first-order valence-corrected chi connectivity index (χ1v) is 19.4. The van der Waals surface area contributed by atoms with E-state index in [2.05, 4.69) is 182 Å². The largest absolute Gasteiger partial charge is 0.308 e. The maximum absolute atomic E-state index is 5.73. The number of benzene rings is 7. The highest BCUT2D eigenvalue weighted by atomic mass is 15.1. The Balaban J connectivity index is 1.31. The molecule has 0 saturated carbocycles. The summed E-state index contributed by atoms with van der Waals surface area (Å²) in [5, 5.41) is 8.24. The highest BCUT2D eigenvalue weighted by molar-refractivity contribution is 6.24. The van der Waals surface area contributed by atoms with E-state index in [1.165, 1.54) is 60.4 Å². The highest BCUT2D eigenvalue weighted by Crippen LogP contribution is 2.53. The Morgan fingerprint density at radius 3 is 2.12 bits per heavy atom. The minimum Gasteiger partial charge on any atom is -0.308 e. The van der Waals surface area contributed by atoms with E-state index in [1.54, 1.807) is 0 Å². The van der Waals surface area contributed by atoms with Crippen LogP contribution in [0.25, 0.3) is 105 Å². The topological polar surface area (TPSA) is 35.1 Å². The van der Waals surface area contributed by atoms with Crippen LogP contribution >= 0.6 is 0 Å². The Hall–Kier alpha value is -7.04. The molecule has 11 aromatic rings. The molecule has 0 fully saturated rings. The second-order valence-corrected chi connectivity index (χ2v) is 15.8. The molecule has 0 unspecified atom stereocenters. The first-order chi connectivity index (χ1) is 27.5. The molecule has 1 aliphatic carbocycles. The lowest BCUT2D eigenvalue weighted by molar-refractivity contribution is 0.660. The summed E-state index contributed by atoms with van der Waals surface area (Å²) in [5.74, 6) is 0.821. The van der Waals surface area contributed by atoms with E-state index in [9.17, 15) is 0 Å². The van der Waals surface area contributed by atoms with Gasteiger partial charge >= 0.3 is 0 Å². The van der Waals surface area contributed by atoms with Crippen molar-refractivity contribution in [3.05, 3.63) is 174 Å². The third-order valence-electron chi connectivity index (χ3n) is 12.6. The normalized spacial score (nSPS) is 13.9. The lowest BCUT2D eigenvalue weighted by Gasteiger charge is -2.22. The van der Waals surface area contributed by atoms with Crippen LogP contribution in [-0.2, 0) is 5.41 Å². The minimum atomic E-state index is -0.157. The van der Waals surface area contributed by atoms with Gasteiger partial charge in [-0.05, 0) is 75.8 Å². The molecule has 4 heterocycles. The van der Waals surface area contributed by atoms with E-state index in [-0.39, 0.29) is 5.41 Å². The lowest BCUT2D eigenvalue weighted by atomic mass is 9.82. The summed E-state index contributed by atoms with van der Waals surface area (Å²) in [7, 11) is 0. The molecule has 7 aromatic carbocycles. The third-order valence-corrected chi connectivity index (χ3v) is 12.6. The van der Waals surface area contributed by atoms with E-state index < -0.39 is 0 Å². The van der Waals surface area contributed by atoms with Gasteiger partial charge in [-0.25, -0.2) is 9.97 Å². The number of fused-ring (bicyclic) bond motifs is 10. The van der Waals surface area contributed by atoms with Gasteiger partial charge in [-0.15, -0.1) is 0 Å². The first-order valence-electron chi connectivity index (χ1n) is 19.4. The van der Waals surface area contributed by atoms with Crippen molar-refractivity contribution >= 4 is 77.0 Å². The van der Waals surface area contributed by atoms with E-state index in [1.807, 2.05) is 6.08 Å². The molecule has 4 aromatic heterocycles. The predicted octanol–water partition coefficient (Wildman–Crippen LogP) is 12.4. The fraction of sp³-hybridized carbons (Fsp3) is 0.0769. The Morgan fingerprint density at radius 1 is 0.589 bits per heavy atom. The van der Waals surface area contributed by atoms with Gasteiger partial charge in [0.2, 0.25) is 0 Å². The zero-order valence-corrected chi connectivity index (χ0v) is 31.4. The minimum absolute atomic E-state index is 0.157. The van der Waals surface area contributed by atoms with Crippen molar-refractivity contribution in [3.8, 4) is 28.2 Å². The molecule has 56 heavy (non-hydrogen) atoms. The molecule has 4 nitrogen and oxygen atoms in total. The van der Waals surface area contributed by atoms with Crippen LogP contribution < -0.4 is 5.22 Å². The predicted molar refractivity (Wildman–Crippen MR) is 235 cm³/mol. The molecule has 0 bridgehead atoms. The summed E-state index contributed by atoms with van der Waals surface area (Å²) in [5.41, 5.74) is 15.7. The van der Waals surface area contributed by atoms with Crippen molar-refractivity contribution in [2.75, 3.05) is 0 Å². The monoisotopic (exact) mass is 716 g/mol. The van der Waals surface area contributed by atoms with Crippen molar-refractivity contribution in [1.29, 1.82) is 0 Å². The number of aromatic nitrogens is 4. The second kappa shape index (κ2) is 11.0. The number of aryl methyl sites for hydroxylation is 1. The van der Waals surface area contributed by atoms with Crippen molar-refractivity contribution in [2.45, 2.75) is 26.2 Å². The van der Waals surface area contributed by atoms with Gasteiger partial charge in [-0.2, -0.15) is 0 Å². The van der Waals surface area contributed by atoms with Crippen LogP contribution in [0.5, 0.6) is 0 Å². The maximum Gasteiger partial charge on any atom is 0.165 e. The molecular weight excluding hydrogens is 681 g/mol. The number of para-hydroxylation sites is 1. The summed E-state index contributed by atoms with van der Waals surface area (Å²) in [4.78, 5) is 11.4. The summed E-state index contributed by atoms with van der Waals surface area (Å²) >= 11 is 0. The van der Waals surface area contributed by atoms with Gasteiger partial charge in [0.25, 0.3) is 0 Å². The van der Waals surface area contributed by atoms with Crippen LogP contribution in [0.4, 0.5) is 0 Å². The molecule has 4 heteroatoms. The number of nitrogens with zero attached hydrogens (tertiary/aromatic N) is 4. The summed E-state index contributed by atoms with van der Waals surface area (Å²) < 4.78 is 4.85. The Labute approximate surface area is 323 Å². The number of rotatable bonds is 3. The molecule has 0 spiro atoms. The van der Waals surface area contributed by atoms with Crippen molar-refractivity contribution in [3.63, 3.8) is 0 Å². The van der Waals surface area contributed by atoms with E-state index in [4.69, 9.17) is 9.97 Å². The Morgan fingerprint density at radius 2 is 1.25 bits per heavy atom. The molecule has 0 amide bonds. The number of allylic oxidation sites excluding steroid dienone is 1. The summed E-state index contributed by atoms with van der Waals surface area (Å²) in [6.45, 7) is 11.1. The van der Waals surface area contributed by atoms with Gasteiger partial charge in [-0.1, -0.05) is 142 Å². The van der Waals surface area contributed by atoms with E-state index in [0.717, 1.165) is 60.6 Å². The van der Waals surface area contributed by atoms with Crippen LogP contribution in [0.1, 0.15) is 30.5 Å². The summed E-state index contributed by atoms with van der Waals surface area (Å²) in [6, 6.07) is 50.6. The van der Waals surface area contributed by atoms with Crippen LogP contribution in [0, 0.1) is 6.92 Å². The molecule has 1 aliphatic rings. The Bertz CT molecular complexity index is 3600. The van der Waals surface area contributed by atoms with Crippen molar-refractivity contribution in [2.24, 2.45) is 0 Å². The van der Waals surface area contributed by atoms with Crippen molar-refractivity contribution in [1.82, 2.24) is 18.9 Å². The lowest BCUT2D eigenvalue weighted by Crippen LogP contribution is -2.14. The van der Waals surface area contributed by atoms with Crippen LogP contribution in [0.2, 0.25) is 0 Å². The number of hydrogen-bond donors (Lipinski definition) is 0. The van der Waals surface area contributed by atoms with Gasteiger partial charge in [0.1, 0.15) is 5.69 Å². The van der Waals surface area contributed by atoms with Gasteiger partial charge < -0.3 is 4.40 Å². The van der Waals surface area contributed by atoms with Gasteiger partial charge in [-0.3, -0.25) is 4.57 Å². The SMILES string of the molecule is C=C/C=c1/c2cccc3c2c2c(cccc2n2c1c(C)c1ccccc12)n3-c1nc2ccc3ccccc3c2nc1-c1cccc2c1-c1ccccc1C2(C)C. The quantitative estimate of drug-likeness (QED) is 0.171. The zero-order chi connectivity index (χ0) is 37.4. The average molecular weight is 717 g/mol. The van der Waals surface area contributed by atoms with E-state index in [0.29, 0.717) is 0 Å². The van der Waals surface area contributed by atoms with E-state index >= 15 is 0 Å². The average Bonchev–Trinajstić information content (AvgIpc) is 3.78. The van der Waals surface area contributed by atoms with Crippen LogP contribution in [-0.4, -0.2) is 18.9 Å². The molecule has 0 saturated heterocycles.